The van der Waals surface area contributed by atoms with Gasteiger partial charge in [-0.25, -0.2) is 4.79 Å². The lowest BCUT2D eigenvalue weighted by Gasteiger charge is -2.17. The summed E-state index contributed by atoms with van der Waals surface area (Å²) in [7, 11) is 0. The standard InChI is InChI=1S/C26H29N3O7/c1-3-4-12-35-25(33)18-8-10-21(11-9-18)27-22(30)16-36-26(34)20-14-23(31)29(15-20)28-24(32)19-7-5-6-17(2)13-19/h5-11,13,20H,3-4,12,14-16H2,1-2H3,(H,27,30)(H,28,32)/t20-/m1/s1. The Labute approximate surface area is 208 Å². The highest BCUT2D eigenvalue weighted by Crippen LogP contribution is 2.18. The van der Waals surface area contributed by atoms with Gasteiger partial charge >= 0.3 is 11.9 Å². The predicted molar refractivity (Wildman–Crippen MR) is 130 cm³/mol. The van der Waals surface area contributed by atoms with Crippen LogP contribution in [0.2, 0.25) is 0 Å². The second-order valence-corrected chi connectivity index (χ2v) is 8.44. The summed E-state index contributed by atoms with van der Waals surface area (Å²) >= 11 is 0. The monoisotopic (exact) mass is 495 g/mol. The fourth-order valence-electron chi connectivity index (χ4n) is 3.48. The van der Waals surface area contributed by atoms with Crippen molar-refractivity contribution in [2.24, 2.45) is 5.92 Å². The minimum atomic E-state index is -0.805. The van der Waals surface area contributed by atoms with Gasteiger partial charge in [0.15, 0.2) is 6.61 Å². The normalized spacial score (nSPS) is 14.8. The van der Waals surface area contributed by atoms with Crippen LogP contribution in [-0.2, 0) is 23.9 Å². The molecule has 1 heterocycles. The number of unbranched alkanes of at least 4 members (excludes halogenated alkanes) is 1. The van der Waals surface area contributed by atoms with E-state index in [1.807, 2.05) is 19.9 Å². The van der Waals surface area contributed by atoms with Crippen LogP contribution in [0.3, 0.4) is 0 Å². The Morgan fingerprint density at radius 3 is 2.47 bits per heavy atom. The van der Waals surface area contributed by atoms with Crippen LogP contribution in [0.4, 0.5) is 5.69 Å². The number of nitrogens with one attached hydrogen (secondary N) is 2. The number of aryl methyl sites for hydroxylation is 1. The maximum atomic E-state index is 12.4. The number of hydrogen-bond acceptors (Lipinski definition) is 7. The van der Waals surface area contributed by atoms with E-state index in [4.69, 9.17) is 9.47 Å². The quantitative estimate of drug-likeness (QED) is 0.383. The third kappa shape index (κ3) is 7.39. The Bertz CT molecular complexity index is 1130. The van der Waals surface area contributed by atoms with E-state index in [0.29, 0.717) is 23.4 Å². The molecule has 36 heavy (non-hydrogen) atoms. The molecule has 0 spiro atoms. The molecule has 1 saturated heterocycles. The number of nitrogens with zero attached hydrogens (tertiary/aromatic N) is 1. The van der Waals surface area contributed by atoms with Crippen LogP contribution in [0, 0.1) is 12.8 Å². The fraction of sp³-hybridized carbons (Fsp3) is 0.346. The molecular weight excluding hydrogens is 466 g/mol. The summed E-state index contributed by atoms with van der Waals surface area (Å²) in [6.07, 6.45) is 1.57. The van der Waals surface area contributed by atoms with E-state index in [2.05, 4.69) is 10.7 Å². The van der Waals surface area contributed by atoms with Crippen LogP contribution in [0.15, 0.2) is 48.5 Å². The molecule has 3 rings (SSSR count). The van der Waals surface area contributed by atoms with Crippen LogP contribution < -0.4 is 10.7 Å². The Hall–Kier alpha value is -4.21. The van der Waals surface area contributed by atoms with Gasteiger partial charge < -0.3 is 14.8 Å². The van der Waals surface area contributed by atoms with Crippen molar-refractivity contribution >= 4 is 35.3 Å². The van der Waals surface area contributed by atoms with Crippen LogP contribution in [-0.4, -0.2) is 54.4 Å². The smallest absolute Gasteiger partial charge is 0.338 e. The minimum Gasteiger partial charge on any atom is -0.462 e. The molecule has 10 heteroatoms. The Balaban J connectivity index is 1.43. The molecule has 1 atom stereocenters. The molecule has 2 aromatic rings. The molecular formula is C26H29N3O7. The van der Waals surface area contributed by atoms with Crippen molar-refractivity contribution in [3.8, 4) is 0 Å². The number of hydrogen-bond donors (Lipinski definition) is 2. The lowest BCUT2D eigenvalue weighted by molar-refractivity contribution is -0.151. The number of amides is 3. The van der Waals surface area contributed by atoms with Gasteiger partial charge in [-0.2, -0.15) is 0 Å². The molecule has 1 aliphatic rings. The molecule has 190 valence electrons. The largest absolute Gasteiger partial charge is 0.462 e. The van der Waals surface area contributed by atoms with Gasteiger partial charge in [0.2, 0.25) is 5.91 Å². The number of ether oxygens (including phenoxy) is 2. The van der Waals surface area contributed by atoms with E-state index in [0.717, 1.165) is 23.4 Å². The lowest BCUT2D eigenvalue weighted by atomic mass is 10.1. The van der Waals surface area contributed by atoms with Crippen LogP contribution in [0.5, 0.6) is 0 Å². The van der Waals surface area contributed by atoms with Crippen LogP contribution in [0.1, 0.15) is 52.5 Å². The van der Waals surface area contributed by atoms with Gasteiger partial charge in [-0.05, 0) is 49.7 Å². The number of anilines is 1. The van der Waals surface area contributed by atoms with Crippen molar-refractivity contribution in [3.63, 3.8) is 0 Å². The highest BCUT2D eigenvalue weighted by molar-refractivity contribution is 5.97. The number of esters is 2. The number of carbonyl (C=O) groups excluding carboxylic acids is 5. The van der Waals surface area contributed by atoms with Crippen molar-refractivity contribution in [1.82, 2.24) is 10.4 Å². The molecule has 0 aromatic heterocycles. The van der Waals surface area contributed by atoms with E-state index in [-0.39, 0.29) is 13.0 Å². The third-order valence-corrected chi connectivity index (χ3v) is 5.46. The first-order chi connectivity index (χ1) is 17.3. The van der Waals surface area contributed by atoms with Gasteiger partial charge in [-0.15, -0.1) is 0 Å². The van der Waals surface area contributed by atoms with Crippen LogP contribution >= 0.6 is 0 Å². The molecule has 3 amide bonds. The summed E-state index contributed by atoms with van der Waals surface area (Å²) in [5, 5.41) is 3.66. The second kappa shape index (κ2) is 12.5. The van der Waals surface area contributed by atoms with Crippen LogP contribution in [0.25, 0.3) is 0 Å². The van der Waals surface area contributed by atoms with Gasteiger partial charge in [-0.1, -0.05) is 31.0 Å². The molecule has 1 aliphatic heterocycles. The highest BCUT2D eigenvalue weighted by atomic mass is 16.5. The number of hydrazine groups is 1. The van der Waals surface area contributed by atoms with Crippen molar-refractivity contribution in [1.29, 1.82) is 0 Å². The average Bonchev–Trinajstić information content (AvgIpc) is 3.23. The molecule has 2 N–H and O–H groups in total. The van der Waals surface area contributed by atoms with Gasteiger partial charge in [0.05, 0.1) is 24.6 Å². The topological polar surface area (TPSA) is 131 Å². The molecule has 0 saturated carbocycles. The average molecular weight is 496 g/mol. The predicted octanol–water partition coefficient (Wildman–Crippen LogP) is 2.63. The Morgan fingerprint density at radius 2 is 1.78 bits per heavy atom. The maximum absolute atomic E-state index is 12.4. The first-order valence-electron chi connectivity index (χ1n) is 11.7. The highest BCUT2D eigenvalue weighted by Gasteiger charge is 2.36. The Morgan fingerprint density at radius 1 is 1.03 bits per heavy atom. The molecule has 0 aliphatic carbocycles. The van der Waals surface area contributed by atoms with Crippen molar-refractivity contribution in [3.05, 3.63) is 65.2 Å². The minimum absolute atomic E-state index is 0.0489. The van der Waals surface area contributed by atoms with Crippen molar-refractivity contribution < 1.29 is 33.4 Å². The number of carbonyl (C=O) groups is 5. The zero-order chi connectivity index (χ0) is 26.1. The van der Waals surface area contributed by atoms with E-state index in [9.17, 15) is 24.0 Å². The first kappa shape index (κ1) is 26.4. The van der Waals surface area contributed by atoms with E-state index < -0.39 is 42.2 Å². The summed E-state index contributed by atoms with van der Waals surface area (Å²) < 4.78 is 10.2. The summed E-state index contributed by atoms with van der Waals surface area (Å²) in [6.45, 7) is 3.60. The summed E-state index contributed by atoms with van der Waals surface area (Å²) in [5.41, 5.74) is 4.58. The van der Waals surface area contributed by atoms with Gasteiger partial charge in [-0.3, -0.25) is 29.6 Å². The van der Waals surface area contributed by atoms with Gasteiger partial charge in [0, 0.05) is 17.7 Å². The van der Waals surface area contributed by atoms with E-state index >= 15 is 0 Å². The third-order valence-electron chi connectivity index (χ3n) is 5.46. The number of benzene rings is 2. The lowest BCUT2D eigenvalue weighted by Crippen LogP contribution is -2.43. The maximum Gasteiger partial charge on any atom is 0.338 e. The summed E-state index contributed by atoms with van der Waals surface area (Å²) in [6, 6.07) is 13.0. The molecule has 0 unspecified atom stereocenters. The molecule has 10 nitrogen and oxygen atoms in total. The zero-order valence-corrected chi connectivity index (χ0v) is 20.2. The van der Waals surface area contributed by atoms with Crippen molar-refractivity contribution in [2.75, 3.05) is 25.1 Å². The summed E-state index contributed by atoms with van der Waals surface area (Å²) in [5.74, 6) is -3.41. The first-order valence-corrected chi connectivity index (χ1v) is 11.7. The van der Waals surface area contributed by atoms with Gasteiger partial charge in [0.25, 0.3) is 11.8 Å². The second-order valence-electron chi connectivity index (χ2n) is 8.44. The molecule has 2 aromatic carbocycles. The fourth-order valence-corrected chi connectivity index (χ4v) is 3.48. The van der Waals surface area contributed by atoms with Gasteiger partial charge in [0.1, 0.15) is 0 Å². The molecule has 0 bridgehead atoms. The Kier molecular flexibility index (Phi) is 9.15. The summed E-state index contributed by atoms with van der Waals surface area (Å²) in [4.78, 5) is 61.1. The molecule has 0 radical (unpaired) electrons. The van der Waals surface area contributed by atoms with E-state index in [1.54, 1.807) is 30.3 Å². The van der Waals surface area contributed by atoms with Crippen molar-refractivity contribution in [2.45, 2.75) is 33.1 Å². The zero-order valence-electron chi connectivity index (χ0n) is 20.2. The SMILES string of the molecule is CCCCOC(=O)c1ccc(NC(=O)COC(=O)[C@@H]2CC(=O)N(NC(=O)c3cccc(C)c3)C2)cc1. The van der Waals surface area contributed by atoms with E-state index in [1.165, 1.54) is 12.1 Å². The molecule has 1 fully saturated rings. The number of rotatable bonds is 10.